The lowest BCUT2D eigenvalue weighted by molar-refractivity contribution is -0.122. The molecule has 1 aromatic rings. The van der Waals surface area contributed by atoms with Crippen LogP contribution in [-0.4, -0.2) is 18.5 Å². The van der Waals surface area contributed by atoms with Crippen LogP contribution in [0.25, 0.3) is 0 Å². The molecule has 1 aliphatic rings. The van der Waals surface area contributed by atoms with Crippen LogP contribution in [0.3, 0.4) is 0 Å². The van der Waals surface area contributed by atoms with Crippen LogP contribution in [-0.2, 0) is 4.79 Å². The highest BCUT2D eigenvalue weighted by atomic mass is 35.5. The molecule has 1 unspecified atom stereocenters. The number of urea groups is 1. The van der Waals surface area contributed by atoms with Crippen molar-refractivity contribution >= 4 is 40.8 Å². The van der Waals surface area contributed by atoms with E-state index in [-0.39, 0.29) is 11.8 Å². The van der Waals surface area contributed by atoms with E-state index in [4.69, 9.17) is 23.2 Å². The van der Waals surface area contributed by atoms with Crippen molar-refractivity contribution < 1.29 is 9.59 Å². The second-order valence-electron chi connectivity index (χ2n) is 4.06. The number of carbonyl (C=O) groups excluding carboxylic acids is 2. The monoisotopic (exact) mass is 286 g/mol. The molecule has 6 heteroatoms. The summed E-state index contributed by atoms with van der Waals surface area (Å²) in [5.41, 5.74) is 0.324. The van der Waals surface area contributed by atoms with Gasteiger partial charge in [0, 0.05) is 11.6 Å². The van der Waals surface area contributed by atoms with Crippen molar-refractivity contribution in [3.05, 3.63) is 28.2 Å². The van der Waals surface area contributed by atoms with Gasteiger partial charge in [-0.3, -0.25) is 4.79 Å². The predicted octanol–water partition coefficient (Wildman–Crippen LogP) is 3.08. The van der Waals surface area contributed by atoms with Crippen LogP contribution < -0.4 is 10.2 Å². The SMILES string of the molecule is CCC1CNC(=O)N(c2cc(Cl)ccc2Cl)C1=O. The standard InChI is InChI=1S/C12H12Cl2N2O2/c1-2-7-6-15-12(18)16(11(7)17)10-5-8(13)3-4-9(10)14/h3-5,7H,2,6H2,1H3,(H,15,18). The third-order valence-corrected chi connectivity index (χ3v) is 3.47. The van der Waals surface area contributed by atoms with E-state index in [2.05, 4.69) is 5.32 Å². The van der Waals surface area contributed by atoms with Gasteiger partial charge >= 0.3 is 6.03 Å². The Labute approximate surface area is 115 Å². The lowest BCUT2D eigenvalue weighted by Crippen LogP contribution is -2.55. The van der Waals surface area contributed by atoms with Crippen molar-refractivity contribution in [1.82, 2.24) is 5.32 Å². The molecule has 4 nitrogen and oxygen atoms in total. The summed E-state index contributed by atoms with van der Waals surface area (Å²) in [6, 6.07) is 4.22. The highest BCUT2D eigenvalue weighted by Gasteiger charge is 2.35. The molecule has 1 fully saturated rings. The third-order valence-electron chi connectivity index (χ3n) is 2.91. The fourth-order valence-corrected chi connectivity index (χ4v) is 2.23. The van der Waals surface area contributed by atoms with Crippen LogP contribution in [0.4, 0.5) is 10.5 Å². The van der Waals surface area contributed by atoms with Gasteiger partial charge in [-0.25, -0.2) is 9.69 Å². The van der Waals surface area contributed by atoms with Gasteiger partial charge in [0.1, 0.15) is 0 Å². The van der Waals surface area contributed by atoms with Crippen LogP contribution in [0.1, 0.15) is 13.3 Å². The quantitative estimate of drug-likeness (QED) is 0.908. The summed E-state index contributed by atoms with van der Waals surface area (Å²) < 4.78 is 0. The summed E-state index contributed by atoms with van der Waals surface area (Å²) in [6.07, 6.45) is 0.661. The van der Waals surface area contributed by atoms with E-state index >= 15 is 0 Å². The molecule has 1 aromatic carbocycles. The summed E-state index contributed by atoms with van der Waals surface area (Å²) in [5.74, 6) is -0.469. The molecular formula is C12H12Cl2N2O2. The van der Waals surface area contributed by atoms with Gasteiger partial charge in [0.25, 0.3) is 0 Å². The van der Waals surface area contributed by atoms with E-state index in [0.717, 1.165) is 4.90 Å². The van der Waals surface area contributed by atoms with E-state index in [1.165, 1.54) is 6.07 Å². The smallest absolute Gasteiger partial charge is 0.328 e. The van der Waals surface area contributed by atoms with Crippen molar-refractivity contribution in [2.45, 2.75) is 13.3 Å². The Morgan fingerprint density at radius 2 is 2.11 bits per heavy atom. The first-order chi connectivity index (χ1) is 8.54. The van der Waals surface area contributed by atoms with Crippen molar-refractivity contribution in [1.29, 1.82) is 0 Å². The molecule has 0 bridgehead atoms. The first kappa shape index (κ1) is 13.2. The molecule has 0 aliphatic carbocycles. The summed E-state index contributed by atoms with van der Waals surface area (Å²) in [7, 11) is 0. The highest BCUT2D eigenvalue weighted by Crippen LogP contribution is 2.31. The van der Waals surface area contributed by atoms with Crippen molar-refractivity contribution in [3.8, 4) is 0 Å². The van der Waals surface area contributed by atoms with Crippen molar-refractivity contribution in [2.24, 2.45) is 5.92 Å². The van der Waals surface area contributed by atoms with E-state index < -0.39 is 6.03 Å². The highest BCUT2D eigenvalue weighted by molar-refractivity contribution is 6.37. The predicted molar refractivity (Wildman–Crippen MR) is 71.1 cm³/mol. The Morgan fingerprint density at radius 3 is 2.78 bits per heavy atom. The third kappa shape index (κ3) is 2.31. The summed E-state index contributed by atoms with van der Waals surface area (Å²) in [4.78, 5) is 25.1. The number of carbonyl (C=O) groups is 2. The fourth-order valence-electron chi connectivity index (χ4n) is 1.86. The maximum atomic E-state index is 12.2. The molecule has 3 amide bonds. The number of imide groups is 1. The second-order valence-corrected chi connectivity index (χ2v) is 4.90. The number of halogens is 2. The molecule has 1 atom stereocenters. The number of amides is 3. The van der Waals surface area contributed by atoms with Crippen molar-refractivity contribution in [2.75, 3.05) is 11.4 Å². The second kappa shape index (κ2) is 5.16. The number of benzene rings is 1. The maximum Gasteiger partial charge on any atom is 0.328 e. The average Bonchev–Trinajstić information content (AvgIpc) is 2.34. The minimum absolute atomic E-state index is 0.224. The lowest BCUT2D eigenvalue weighted by atomic mass is 10.0. The number of hydrogen-bond donors (Lipinski definition) is 1. The lowest BCUT2D eigenvalue weighted by Gasteiger charge is -2.31. The molecule has 1 N–H and O–H groups in total. The number of nitrogens with one attached hydrogen (secondary N) is 1. The number of hydrogen-bond acceptors (Lipinski definition) is 2. The van der Waals surface area contributed by atoms with Crippen LogP contribution >= 0.6 is 23.2 Å². The van der Waals surface area contributed by atoms with Gasteiger partial charge in [-0.15, -0.1) is 0 Å². The molecule has 1 heterocycles. The van der Waals surface area contributed by atoms with E-state index in [1.54, 1.807) is 12.1 Å². The van der Waals surface area contributed by atoms with Gasteiger partial charge in [-0.1, -0.05) is 30.1 Å². The van der Waals surface area contributed by atoms with E-state index in [0.29, 0.717) is 28.7 Å². The zero-order valence-electron chi connectivity index (χ0n) is 9.74. The van der Waals surface area contributed by atoms with Crippen LogP contribution in [0.5, 0.6) is 0 Å². The largest absolute Gasteiger partial charge is 0.337 e. The summed E-state index contributed by atoms with van der Waals surface area (Å²) in [6.45, 7) is 2.26. The maximum absolute atomic E-state index is 12.2. The number of anilines is 1. The van der Waals surface area contributed by atoms with E-state index in [1.807, 2.05) is 6.92 Å². The van der Waals surface area contributed by atoms with Crippen LogP contribution in [0.2, 0.25) is 10.0 Å². The Balaban J connectivity index is 2.43. The van der Waals surface area contributed by atoms with Crippen molar-refractivity contribution in [3.63, 3.8) is 0 Å². The molecule has 1 saturated heterocycles. The zero-order valence-corrected chi connectivity index (χ0v) is 11.3. The Bertz CT molecular complexity index is 505. The van der Waals surface area contributed by atoms with E-state index in [9.17, 15) is 9.59 Å². The molecule has 96 valence electrons. The topological polar surface area (TPSA) is 49.4 Å². The van der Waals surface area contributed by atoms with Crippen LogP contribution in [0, 0.1) is 5.92 Å². The minimum Gasteiger partial charge on any atom is -0.337 e. The Kier molecular flexibility index (Phi) is 3.78. The van der Waals surface area contributed by atoms with Gasteiger partial charge < -0.3 is 5.32 Å². The van der Waals surface area contributed by atoms with Crippen LogP contribution in [0.15, 0.2) is 18.2 Å². The van der Waals surface area contributed by atoms with Gasteiger partial charge in [0.15, 0.2) is 0 Å². The van der Waals surface area contributed by atoms with Gasteiger partial charge in [0.2, 0.25) is 5.91 Å². The normalized spacial score (nSPS) is 19.9. The van der Waals surface area contributed by atoms with Gasteiger partial charge in [-0.05, 0) is 24.6 Å². The first-order valence-electron chi connectivity index (χ1n) is 5.61. The molecule has 18 heavy (non-hydrogen) atoms. The summed E-state index contributed by atoms with van der Waals surface area (Å²) in [5, 5.41) is 3.42. The Morgan fingerprint density at radius 1 is 1.39 bits per heavy atom. The molecule has 1 aliphatic heterocycles. The minimum atomic E-state index is -0.464. The number of rotatable bonds is 2. The fraction of sp³-hybridized carbons (Fsp3) is 0.333. The van der Waals surface area contributed by atoms with Gasteiger partial charge in [0.05, 0.1) is 16.6 Å². The molecule has 0 radical (unpaired) electrons. The zero-order chi connectivity index (χ0) is 13.3. The molecule has 2 rings (SSSR count). The van der Waals surface area contributed by atoms with Gasteiger partial charge in [-0.2, -0.15) is 0 Å². The Hall–Kier alpha value is -1.26. The average molecular weight is 287 g/mol. The number of nitrogens with zero attached hydrogens (tertiary/aromatic N) is 1. The molecule has 0 saturated carbocycles. The summed E-state index contributed by atoms with van der Waals surface area (Å²) >= 11 is 11.9. The first-order valence-corrected chi connectivity index (χ1v) is 6.37. The molecule has 0 spiro atoms. The molecule has 0 aromatic heterocycles. The molecular weight excluding hydrogens is 275 g/mol.